The molecule has 1 aromatic heterocycles. The molecule has 0 aliphatic rings. The Morgan fingerprint density at radius 1 is 1.27 bits per heavy atom. The highest BCUT2D eigenvalue weighted by Crippen LogP contribution is 2.32. The summed E-state index contributed by atoms with van der Waals surface area (Å²) in [6, 6.07) is 1.85. The lowest BCUT2D eigenvalue weighted by molar-refractivity contribution is -0.137. The Kier molecular flexibility index (Phi) is 3.95. The van der Waals surface area contributed by atoms with Crippen LogP contribution in [0.2, 0.25) is 0 Å². The molecule has 0 saturated heterocycles. The van der Waals surface area contributed by atoms with Crippen LogP contribution in [0.4, 0.5) is 23.2 Å². The summed E-state index contributed by atoms with van der Waals surface area (Å²) in [7, 11) is 1.63. The van der Waals surface area contributed by atoms with Gasteiger partial charge in [-0.2, -0.15) is 18.3 Å². The Morgan fingerprint density at radius 2 is 1.91 bits per heavy atom. The molecule has 8 heteroatoms. The van der Waals surface area contributed by atoms with Crippen LogP contribution in [-0.4, -0.2) is 15.7 Å². The van der Waals surface area contributed by atoms with Gasteiger partial charge in [0.2, 0.25) is 0 Å². The second-order valence-electron chi connectivity index (χ2n) is 4.82. The zero-order chi connectivity index (χ0) is 16.7. The largest absolute Gasteiger partial charge is 0.416 e. The van der Waals surface area contributed by atoms with Crippen molar-refractivity contribution < 1.29 is 22.4 Å². The van der Waals surface area contributed by atoms with E-state index < -0.39 is 29.2 Å². The minimum absolute atomic E-state index is 0.208. The van der Waals surface area contributed by atoms with E-state index in [9.17, 15) is 22.4 Å². The lowest BCUT2D eigenvalue weighted by atomic mass is 10.1. The first kappa shape index (κ1) is 16.0. The van der Waals surface area contributed by atoms with Crippen molar-refractivity contribution in [2.45, 2.75) is 20.0 Å². The first-order valence-corrected chi connectivity index (χ1v) is 6.29. The first-order chi connectivity index (χ1) is 10.1. The Bertz CT molecular complexity index is 734. The number of hydrogen-bond acceptors (Lipinski definition) is 2. The van der Waals surface area contributed by atoms with E-state index in [1.54, 1.807) is 20.9 Å². The molecule has 118 valence electrons. The number of hydrogen-bond donors (Lipinski definition) is 1. The van der Waals surface area contributed by atoms with E-state index in [1.165, 1.54) is 4.68 Å². The molecule has 0 bridgehead atoms. The number of carbonyl (C=O) groups excluding carboxylic acids is 1. The summed E-state index contributed by atoms with van der Waals surface area (Å²) in [5.41, 5.74) is -0.419. The molecule has 0 fully saturated rings. The molecule has 0 spiro atoms. The average Bonchev–Trinajstić information content (AvgIpc) is 2.64. The second-order valence-corrected chi connectivity index (χ2v) is 4.82. The van der Waals surface area contributed by atoms with Gasteiger partial charge in [-0.25, -0.2) is 4.39 Å². The Labute approximate surface area is 123 Å². The number of aryl methyl sites for hydroxylation is 2. The van der Waals surface area contributed by atoms with Gasteiger partial charge in [0, 0.05) is 12.7 Å². The third-order valence-corrected chi connectivity index (χ3v) is 3.28. The van der Waals surface area contributed by atoms with Gasteiger partial charge in [-0.3, -0.25) is 9.48 Å². The van der Waals surface area contributed by atoms with E-state index in [4.69, 9.17) is 0 Å². The van der Waals surface area contributed by atoms with E-state index in [0.717, 1.165) is 0 Å². The first-order valence-electron chi connectivity index (χ1n) is 6.29. The fourth-order valence-electron chi connectivity index (χ4n) is 2.08. The highest BCUT2D eigenvalue weighted by molar-refractivity contribution is 6.05. The molecule has 2 rings (SSSR count). The summed E-state index contributed by atoms with van der Waals surface area (Å²) < 4.78 is 53.0. The van der Waals surface area contributed by atoms with E-state index in [0.29, 0.717) is 29.6 Å². The van der Waals surface area contributed by atoms with Crippen molar-refractivity contribution in [3.05, 3.63) is 46.5 Å². The number of aromatic nitrogens is 2. The molecule has 1 amide bonds. The van der Waals surface area contributed by atoms with E-state index in [2.05, 4.69) is 10.4 Å². The van der Waals surface area contributed by atoms with Gasteiger partial charge in [0.05, 0.1) is 22.5 Å². The summed E-state index contributed by atoms with van der Waals surface area (Å²) >= 11 is 0. The molecular weight excluding hydrogens is 302 g/mol. The van der Waals surface area contributed by atoms with E-state index in [-0.39, 0.29) is 5.56 Å². The van der Waals surface area contributed by atoms with Crippen LogP contribution >= 0.6 is 0 Å². The number of nitrogens with one attached hydrogen (secondary N) is 1. The molecule has 4 nitrogen and oxygen atoms in total. The zero-order valence-electron chi connectivity index (χ0n) is 12.0. The predicted molar refractivity (Wildman–Crippen MR) is 72.0 cm³/mol. The lowest BCUT2D eigenvalue weighted by Gasteiger charge is -2.11. The molecule has 0 saturated carbocycles. The SMILES string of the molecule is Cc1nn(C)c(C)c1C(=O)Nc1cc(C(F)(F)F)ccc1F. The maximum Gasteiger partial charge on any atom is 0.416 e. The molecule has 2 aromatic rings. The van der Waals surface area contributed by atoms with Crippen molar-refractivity contribution >= 4 is 11.6 Å². The van der Waals surface area contributed by atoms with Crippen molar-refractivity contribution in [1.29, 1.82) is 0 Å². The molecule has 0 radical (unpaired) electrons. The van der Waals surface area contributed by atoms with Gasteiger partial charge in [-0.1, -0.05) is 0 Å². The topological polar surface area (TPSA) is 46.9 Å². The number of benzene rings is 1. The second kappa shape index (κ2) is 5.43. The number of rotatable bonds is 2. The number of halogens is 4. The molecular formula is C14H13F4N3O. The number of anilines is 1. The monoisotopic (exact) mass is 315 g/mol. The Morgan fingerprint density at radius 3 is 2.41 bits per heavy atom. The summed E-state index contributed by atoms with van der Waals surface area (Å²) in [6.07, 6.45) is -4.62. The molecule has 0 atom stereocenters. The third-order valence-electron chi connectivity index (χ3n) is 3.28. The lowest BCUT2D eigenvalue weighted by Crippen LogP contribution is -2.16. The molecule has 0 aliphatic carbocycles. The molecule has 22 heavy (non-hydrogen) atoms. The van der Waals surface area contributed by atoms with E-state index in [1.807, 2.05) is 0 Å². The van der Waals surface area contributed by atoms with Gasteiger partial charge in [-0.05, 0) is 32.0 Å². The van der Waals surface area contributed by atoms with Crippen LogP contribution in [0.25, 0.3) is 0 Å². The van der Waals surface area contributed by atoms with Gasteiger partial charge in [0.15, 0.2) is 0 Å². The van der Waals surface area contributed by atoms with Crippen LogP contribution in [0.15, 0.2) is 18.2 Å². The molecule has 1 heterocycles. The summed E-state index contributed by atoms with van der Waals surface area (Å²) in [6.45, 7) is 3.22. The summed E-state index contributed by atoms with van der Waals surface area (Å²) in [4.78, 5) is 12.2. The molecule has 0 aliphatic heterocycles. The van der Waals surface area contributed by atoms with Crippen molar-refractivity contribution in [3.63, 3.8) is 0 Å². The quantitative estimate of drug-likeness (QED) is 0.863. The van der Waals surface area contributed by atoms with E-state index >= 15 is 0 Å². The summed E-state index contributed by atoms with van der Waals surface area (Å²) in [5.74, 6) is -1.65. The highest BCUT2D eigenvalue weighted by Gasteiger charge is 2.31. The normalized spacial score (nSPS) is 11.6. The predicted octanol–water partition coefficient (Wildman–Crippen LogP) is 3.45. The zero-order valence-corrected chi connectivity index (χ0v) is 12.0. The van der Waals surface area contributed by atoms with Crippen molar-refractivity contribution in [2.75, 3.05) is 5.32 Å². The fourth-order valence-corrected chi connectivity index (χ4v) is 2.08. The third kappa shape index (κ3) is 2.95. The average molecular weight is 315 g/mol. The van der Waals surface area contributed by atoms with Crippen LogP contribution in [0.1, 0.15) is 27.3 Å². The minimum atomic E-state index is -4.62. The number of carbonyl (C=O) groups is 1. The van der Waals surface area contributed by atoms with Crippen molar-refractivity contribution in [1.82, 2.24) is 9.78 Å². The Balaban J connectivity index is 2.36. The van der Waals surface area contributed by atoms with Crippen LogP contribution in [0, 0.1) is 19.7 Å². The number of nitrogens with zero attached hydrogens (tertiary/aromatic N) is 2. The standard InChI is InChI=1S/C14H13F4N3O/c1-7-12(8(2)21(3)20-7)13(22)19-11-6-9(14(16,17)18)4-5-10(11)15/h4-6H,1-3H3,(H,19,22). The van der Waals surface area contributed by atoms with Gasteiger partial charge < -0.3 is 5.32 Å². The minimum Gasteiger partial charge on any atom is -0.319 e. The summed E-state index contributed by atoms with van der Waals surface area (Å²) in [5, 5.41) is 6.20. The van der Waals surface area contributed by atoms with Crippen molar-refractivity contribution in [2.24, 2.45) is 7.05 Å². The number of amides is 1. The Hall–Kier alpha value is -2.38. The smallest absolute Gasteiger partial charge is 0.319 e. The molecule has 0 unspecified atom stereocenters. The van der Waals surface area contributed by atoms with Crippen LogP contribution in [0.3, 0.4) is 0 Å². The van der Waals surface area contributed by atoms with Gasteiger partial charge in [0.25, 0.3) is 5.91 Å². The maximum atomic E-state index is 13.6. The number of alkyl halides is 3. The highest BCUT2D eigenvalue weighted by atomic mass is 19.4. The van der Waals surface area contributed by atoms with Gasteiger partial charge in [-0.15, -0.1) is 0 Å². The maximum absolute atomic E-state index is 13.6. The molecule has 1 aromatic carbocycles. The molecule has 1 N–H and O–H groups in total. The van der Waals surface area contributed by atoms with Gasteiger partial charge in [0.1, 0.15) is 5.82 Å². The van der Waals surface area contributed by atoms with Gasteiger partial charge >= 0.3 is 6.18 Å². The fraction of sp³-hybridized carbons (Fsp3) is 0.286. The van der Waals surface area contributed by atoms with Crippen LogP contribution < -0.4 is 5.32 Å². The van der Waals surface area contributed by atoms with Crippen LogP contribution in [0.5, 0.6) is 0 Å². The van der Waals surface area contributed by atoms with Crippen molar-refractivity contribution in [3.8, 4) is 0 Å². The van der Waals surface area contributed by atoms with Crippen LogP contribution in [-0.2, 0) is 13.2 Å².